The summed E-state index contributed by atoms with van der Waals surface area (Å²) >= 11 is 7.46. The van der Waals surface area contributed by atoms with Crippen molar-refractivity contribution in [3.63, 3.8) is 0 Å². The summed E-state index contributed by atoms with van der Waals surface area (Å²) in [6.45, 7) is 12.7. The van der Waals surface area contributed by atoms with Gasteiger partial charge in [0, 0.05) is 42.5 Å². The molecule has 0 radical (unpaired) electrons. The van der Waals surface area contributed by atoms with Gasteiger partial charge in [-0.3, -0.25) is 0 Å². The number of benzene rings is 2. The molecule has 192 valence electrons. The Bertz CT molecular complexity index is 1160. The highest BCUT2D eigenvalue weighted by atomic mass is 35.5. The Balaban J connectivity index is 0.00000176. The molecule has 1 aliphatic rings. The molecule has 1 aromatic heterocycles. The standard InChI is InChI=1S/C25H24ClF3N4S.C2H6/c1-17-4-3-5-19(14-17)18(2)30-21-6-8-22(9-7-21)34-33-12-10-32(11-13-33)24-16-20(25(27,28)29)15-23(26)31-24;1-2/h3-9,14-16,30H,2,10-13H2,1H3;1-2H3. The Morgan fingerprint density at radius 2 is 1.67 bits per heavy atom. The highest BCUT2D eigenvalue weighted by Crippen LogP contribution is 2.33. The van der Waals surface area contributed by atoms with E-state index >= 15 is 0 Å². The predicted molar refractivity (Wildman–Crippen MR) is 146 cm³/mol. The number of hydrogen-bond acceptors (Lipinski definition) is 5. The number of aromatic nitrogens is 1. The van der Waals surface area contributed by atoms with Crippen LogP contribution < -0.4 is 10.2 Å². The summed E-state index contributed by atoms with van der Waals surface area (Å²) in [7, 11) is 0. The number of anilines is 2. The third-order valence-electron chi connectivity index (χ3n) is 5.42. The minimum absolute atomic E-state index is 0.152. The third kappa shape index (κ3) is 7.66. The highest BCUT2D eigenvalue weighted by molar-refractivity contribution is 7.97. The van der Waals surface area contributed by atoms with Crippen molar-refractivity contribution in [1.82, 2.24) is 9.29 Å². The van der Waals surface area contributed by atoms with Crippen LogP contribution >= 0.6 is 23.5 Å². The van der Waals surface area contributed by atoms with Gasteiger partial charge in [0.2, 0.25) is 0 Å². The second-order valence-electron chi connectivity index (χ2n) is 8.04. The maximum atomic E-state index is 13.1. The van der Waals surface area contributed by atoms with E-state index in [1.807, 2.05) is 68.1 Å². The molecule has 9 heteroatoms. The van der Waals surface area contributed by atoms with Crippen LogP contribution in [0, 0.1) is 6.92 Å². The van der Waals surface area contributed by atoms with E-state index in [9.17, 15) is 13.2 Å². The van der Waals surface area contributed by atoms with Crippen LogP contribution in [0.1, 0.15) is 30.5 Å². The molecule has 1 N–H and O–H groups in total. The van der Waals surface area contributed by atoms with Crippen molar-refractivity contribution in [1.29, 1.82) is 0 Å². The molecule has 4 rings (SSSR count). The molecule has 0 unspecified atom stereocenters. The molecule has 2 aromatic carbocycles. The van der Waals surface area contributed by atoms with Gasteiger partial charge in [0.05, 0.1) is 5.56 Å². The smallest absolute Gasteiger partial charge is 0.356 e. The molecule has 0 aliphatic carbocycles. The van der Waals surface area contributed by atoms with Crippen LogP contribution in [0.5, 0.6) is 0 Å². The molecule has 2 heterocycles. The normalized spacial score (nSPS) is 14.1. The lowest BCUT2D eigenvalue weighted by molar-refractivity contribution is -0.137. The second-order valence-corrected chi connectivity index (χ2v) is 9.60. The van der Waals surface area contributed by atoms with Crippen molar-refractivity contribution in [2.75, 3.05) is 36.4 Å². The third-order valence-corrected chi connectivity index (χ3v) is 6.72. The maximum absolute atomic E-state index is 13.1. The van der Waals surface area contributed by atoms with Gasteiger partial charge in [-0.05, 0) is 66.9 Å². The summed E-state index contributed by atoms with van der Waals surface area (Å²) in [5.41, 5.74) is 3.24. The van der Waals surface area contributed by atoms with E-state index in [4.69, 9.17) is 11.6 Å². The number of halogens is 4. The van der Waals surface area contributed by atoms with Crippen molar-refractivity contribution in [3.05, 3.63) is 89.1 Å². The average Bonchev–Trinajstić information content (AvgIpc) is 2.86. The molecule has 1 aliphatic heterocycles. The van der Waals surface area contributed by atoms with E-state index in [2.05, 4.69) is 27.3 Å². The molecular weight excluding hydrogens is 505 g/mol. The van der Waals surface area contributed by atoms with Crippen molar-refractivity contribution >= 4 is 40.8 Å². The molecule has 1 fully saturated rings. The molecule has 3 aromatic rings. The van der Waals surface area contributed by atoms with Crippen LogP contribution in [-0.2, 0) is 6.18 Å². The van der Waals surface area contributed by atoms with Crippen molar-refractivity contribution < 1.29 is 13.2 Å². The van der Waals surface area contributed by atoms with E-state index in [-0.39, 0.29) is 11.0 Å². The van der Waals surface area contributed by atoms with Gasteiger partial charge in [-0.1, -0.05) is 55.8 Å². The number of piperazine rings is 1. The fourth-order valence-corrected chi connectivity index (χ4v) is 4.75. The van der Waals surface area contributed by atoms with Gasteiger partial charge in [-0.2, -0.15) is 13.2 Å². The second kappa shape index (κ2) is 12.5. The molecule has 0 atom stereocenters. The van der Waals surface area contributed by atoms with E-state index in [1.54, 1.807) is 11.9 Å². The zero-order chi connectivity index (χ0) is 26.3. The summed E-state index contributed by atoms with van der Waals surface area (Å²) in [5.74, 6) is 0.258. The quantitative estimate of drug-likeness (QED) is 0.256. The first kappa shape index (κ1) is 27.9. The highest BCUT2D eigenvalue weighted by Gasteiger charge is 2.32. The molecule has 0 amide bonds. The zero-order valence-corrected chi connectivity index (χ0v) is 22.1. The maximum Gasteiger partial charge on any atom is 0.416 e. The first-order chi connectivity index (χ1) is 17.2. The molecule has 0 spiro atoms. The number of nitrogens with one attached hydrogen (secondary N) is 1. The van der Waals surface area contributed by atoms with E-state index < -0.39 is 11.7 Å². The summed E-state index contributed by atoms with van der Waals surface area (Å²) in [6.07, 6.45) is -4.45. The molecule has 0 bridgehead atoms. The average molecular weight is 535 g/mol. The fraction of sp³-hybridized carbons (Fsp3) is 0.296. The van der Waals surface area contributed by atoms with Gasteiger partial charge in [0.15, 0.2) is 0 Å². The Labute approximate surface area is 220 Å². The van der Waals surface area contributed by atoms with Crippen LogP contribution in [0.2, 0.25) is 5.15 Å². The van der Waals surface area contributed by atoms with E-state index in [0.29, 0.717) is 26.2 Å². The number of hydrogen-bond donors (Lipinski definition) is 1. The minimum Gasteiger partial charge on any atom is -0.356 e. The number of pyridine rings is 1. The lowest BCUT2D eigenvalue weighted by atomic mass is 10.1. The van der Waals surface area contributed by atoms with Crippen molar-refractivity contribution in [2.24, 2.45) is 0 Å². The van der Waals surface area contributed by atoms with E-state index in [1.165, 1.54) is 5.56 Å². The minimum atomic E-state index is -4.45. The Morgan fingerprint density at radius 3 is 2.28 bits per heavy atom. The molecular formula is C27H30ClF3N4S. The van der Waals surface area contributed by atoms with Gasteiger partial charge in [0.25, 0.3) is 0 Å². The number of alkyl halides is 3. The van der Waals surface area contributed by atoms with Crippen molar-refractivity contribution in [2.45, 2.75) is 31.8 Å². The fourth-order valence-electron chi connectivity index (χ4n) is 3.64. The number of rotatable bonds is 6. The van der Waals surface area contributed by atoms with Gasteiger partial charge in [-0.15, -0.1) is 0 Å². The molecule has 36 heavy (non-hydrogen) atoms. The molecule has 0 saturated carbocycles. The summed E-state index contributed by atoms with van der Waals surface area (Å²) in [5, 5.41) is 3.19. The topological polar surface area (TPSA) is 31.4 Å². The van der Waals surface area contributed by atoms with E-state index in [0.717, 1.165) is 34.0 Å². The largest absolute Gasteiger partial charge is 0.416 e. The summed E-state index contributed by atoms with van der Waals surface area (Å²) in [6, 6.07) is 18.2. The molecule has 4 nitrogen and oxygen atoms in total. The van der Waals surface area contributed by atoms with Crippen LogP contribution in [0.25, 0.3) is 5.70 Å². The first-order valence-corrected chi connectivity index (χ1v) is 12.9. The first-order valence-electron chi connectivity index (χ1n) is 11.7. The van der Waals surface area contributed by atoms with Crippen LogP contribution in [0.15, 0.2) is 72.1 Å². The zero-order valence-electron chi connectivity index (χ0n) is 20.6. The summed E-state index contributed by atoms with van der Waals surface area (Å²) < 4.78 is 41.5. The van der Waals surface area contributed by atoms with Crippen LogP contribution in [-0.4, -0.2) is 35.5 Å². The van der Waals surface area contributed by atoms with Crippen LogP contribution in [0.4, 0.5) is 24.7 Å². The van der Waals surface area contributed by atoms with Gasteiger partial charge < -0.3 is 10.2 Å². The van der Waals surface area contributed by atoms with Gasteiger partial charge in [-0.25, -0.2) is 9.29 Å². The number of aryl methyl sites for hydroxylation is 1. The Hall–Kier alpha value is -2.68. The Morgan fingerprint density at radius 1 is 1.00 bits per heavy atom. The van der Waals surface area contributed by atoms with Crippen LogP contribution in [0.3, 0.4) is 0 Å². The lowest BCUT2D eigenvalue weighted by Crippen LogP contribution is -2.43. The Kier molecular flexibility index (Phi) is 9.70. The van der Waals surface area contributed by atoms with Gasteiger partial charge in [0.1, 0.15) is 11.0 Å². The predicted octanol–water partition coefficient (Wildman–Crippen LogP) is 8.00. The van der Waals surface area contributed by atoms with Crippen molar-refractivity contribution in [3.8, 4) is 0 Å². The number of nitrogens with zero attached hydrogens (tertiary/aromatic N) is 3. The lowest BCUT2D eigenvalue weighted by Gasteiger charge is -2.34. The van der Waals surface area contributed by atoms with Gasteiger partial charge >= 0.3 is 6.18 Å². The summed E-state index contributed by atoms with van der Waals surface area (Å²) in [4.78, 5) is 7.01. The monoisotopic (exact) mass is 534 g/mol. The molecule has 1 saturated heterocycles. The SMILES string of the molecule is C=C(Nc1ccc(SN2CCN(c3cc(C(F)(F)F)cc(Cl)n3)CC2)cc1)c1cccc(C)c1.CC.